The summed E-state index contributed by atoms with van der Waals surface area (Å²) in [5.74, 6) is -2.32. The van der Waals surface area contributed by atoms with Crippen molar-refractivity contribution in [2.45, 2.75) is 37.6 Å². The third kappa shape index (κ3) is 5.37. The molecule has 10 heteroatoms. The van der Waals surface area contributed by atoms with Crippen LogP contribution in [0.25, 0.3) is 0 Å². The molecule has 0 N–H and O–H groups in total. The van der Waals surface area contributed by atoms with E-state index in [1.807, 2.05) is 6.92 Å². The molecule has 0 bridgehead atoms. The zero-order chi connectivity index (χ0) is 23.5. The van der Waals surface area contributed by atoms with Gasteiger partial charge in [0.2, 0.25) is 11.8 Å². The van der Waals surface area contributed by atoms with Crippen molar-refractivity contribution in [1.29, 1.82) is 0 Å². The Balaban J connectivity index is 1.81. The van der Waals surface area contributed by atoms with E-state index in [1.54, 1.807) is 0 Å². The maximum Gasteiger partial charge on any atom is 0.416 e. The Bertz CT molecular complexity index is 1070. The largest absolute Gasteiger partial charge is 0.545 e. The summed E-state index contributed by atoms with van der Waals surface area (Å²) in [4.78, 5) is 41.5. The highest BCUT2D eigenvalue weighted by Crippen LogP contribution is 2.34. The van der Waals surface area contributed by atoms with Crippen LogP contribution >= 0.6 is 11.8 Å². The van der Waals surface area contributed by atoms with Crippen LogP contribution in [0.1, 0.15) is 42.1 Å². The van der Waals surface area contributed by atoms with Gasteiger partial charge in [0, 0.05) is 6.42 Å². The minimum atomic E-state index is -4.50. The van der Waals surface area contributed by atoms with Gasteiger partial charge in [-0.3, -0.25) is 9.59 Å². The summed E-state index contributed by atoms with van der Waals surface area (Å²) >= 11 is 1.06. The third-order valence-electron chi connectivity index (χ3n) is 4.64. The molecule has 2 amide bonds. The highest BCUT2D eigenvalue weighted by molar-refractivity contribution is 8.15. The average molecular weight is 463 g/mol. The number of carboxylic acid groups (broad SMARTS) is 1. The van der Waals surface area contributed by atoms with Crippen LogP contribution in [0.4, 0.5) is 24.5 Å². The first kappa shape index (κ1) is 23.5. The summed E-state index contributed by atoms with van der Waals surface area (Å²) < 4.78 is 38.9. The van der Waals surface area contributed by atoms with E-state index in [0.717, 1.165) is 28.8 Å². The fraction of sp³-hybridized carbons (Fsp3) is 0.273. The van der Waals surface area contributed by atoms with Crippen molar-refractivity contribution < 1.29 is 32.7 Å². The number of carbonyl (C=O) groups is 3. The average Bonchev–Trinajstić information content (AvgIpc) is 3.00. The zero-order valence-electron chi connectivity index (χ0n) is 16.9. The highest BCUT2D eigenvalue weighted by atomic mass is 32.2. The summed E-state index contributed by atoms with van der Waals surface area (Å²) in [6.07, 6.45) is -3.52. The number of hydrogen-bond acceptors (Lipinski definition) is 6. The minimum Gasteiger partial charge on any atom is -0.545 e. The Hall–Kier alpha value is -3.14. The molecule has 0 spiro atoms. The maximum absolute atomic E-state index is 13.0. The quantitative estimate of drug-likeness (QED) is 0.368. The van der Waals surface area contributed by atoms with Crippen LogP contribution in [-0.4, -0.2) is 28.1 Å². The Labute approximate surface area is 186 Å². The van der Waals surface area contributed by atoms with Crippen LogP contribution in [0, 0.1) is 0 Å². The number of hydrogen-bond donors (Lipinski definition) is 0. The van der Waals surface area contributed by atoms with Crippen LogP contribution in [0.15, 0.2) is 53.5 Å². The summed E-state index contributed by atoms with van der Waals surface area (Å²) in [6, 6.07) is 9.76. The van der Waals surface area contributed by atoms with Gasteiger partial charge in [0.05, 0.1) is 33.2 Å². The lowest BCUT2D eigenvalue weighted by molar-refractivity contribution is -0.255. The highest BCUT2D eigenvalue weighted by Gasteiger charge is 2.40. The number of benzene rings is 2. The normalized spacial score (nSPS) is 17.2. The van der Waals surface area contributed by atoms with Gasteiger partial charge in [0.1, 0.15) is 0 Å². The molecule has 1 heterocycles. The lowest BCUT2D eigenvalue weighted by atomic mass is 10.2. The first-order chi connectivity index (χ1) is 15.1. The number of aliphatic imine (C=N–C) groups is 1. The molecule has 0 aliphatic carbocycles. The van der Waals surface area contributed by atoms with Crippen molar-refractivity contribution in [1.82, 2.24) is 0 Å². The Morgan fingerprint density at radius 1 is 1.19 bits per heavy atom. The number of thioether (sulfide) groups is 1. The van der Waals surface area contributed by atoms with Gasteiger partial charge in [-0.15, -0.1) is 0 Å². The van der Waals surface area contributed by atoms with E-state index >= 15 is 0 Å². The monoisotopic (exact) mass is 463 g/mol. The number of halogens is 3. The Morgan fingerprint density at radius 3 is 2.47 bits per heavy atom. The second-order valence-corrected chi connectivity index (χ2v) is 8.29. The standard InChI is InChI=1S/C22H19F3N2O4S/c1-2-4-18(26-15-6-3-5-14(11-15)22(23,24)25)32-17-12-19(28)27(20(17)29)16-9-7-13(8-10-16)21(30)31/h3,5-11,17H,2,4,12H2,1H3,(H,30,31)/p-1/t17-/m0/s1. The summed E-state index contributed by atoms with van der Waals surface area (Å²) in [5.41, 5.74) is -0.558. The lowest BCUT2D eigenvalue weighted by Crippen LogP contribution is -2.31. The molecule has 0 aromatic heterocycles. The van der Waals surface area contributed by atoms with E-state index in [1.165, 1.54) is 36.4 Å². The lowest BCUT2D eigenvalue weighted by Gasteiger charge is -2.16. The van der Waals surface area contributed by atoms with Gasteiger partial charge in [0.25, 0.3) is 0 Å². The van der Waals surface area contributed by atoms with Gasteiger partial charge < -0.3 is 9.90 Å². The fourth-order valence-electron chi connectivity index (χ4n) is 3.13. The van der Waals surface area contributed by atoms with Gasteiger partial charge >= 0.3 is 6.18 Å². The van der Waals surface area contributed by atoms with Crippen LogP contribution in [0.3, 0.4) is 0 Å². The van der Waals surface area contributed by atoms with Crippen molar-refractivity contribution in [3.05, 3.63) is 59.7 Å². The van der Waals surface area contributed by atoms with Crippen molar-refractivity contribution in [2.24, 2.45) is 4.99 Å². The first-order valence-electron chi connectivity index (χ1n) is 9.70. The summed E-state index contributed by atoms with van der Waals surface area (Å²) in [7, 11) is 0. The molecule has 2 aromatic carbocycles. The number of nitrogens with zero attached hydrogens (tertiary/aromatic N) is 2. The summed E-state index contributed by atoms with van der Waals surface area (Å²) in [5, 5.41) is 10.6. The second-order valence-electron chi connectivity index (χ2n) is 7.02. The van der Waals surface area contributed by atoms with Crippen LogP contribution in [0.5, 0.6) is 0 Å². The van der Waals surface area contributed by atoms with Crippen molar-refractivity contribution >= 4 is 46.0 Å². The van der Waals surface area contributed by atoms with Crippen molar-refractivity contribution in [3.63, 3.8) is 0 Å². The number of carbonyl (C=O) groups excluding carboxylic acids is 3. The predicted molar refractivity (Wildman–Crippen MR) is 113 cm³/mol. The van der Waals surface area contributed by atoms with Crippen LogP contribution < -0.4 is 10.0 Å². The molecule has 3 rings (SSSR count). The molecule has 6 nitrogen and oxygen atoms in total. The number of alkyl halides is 3. The number of rotatable bonds is 6. The van der Waals surface area contributed by atoms with E-state index in [0.29, 0.717) is 17.9 Å². The Kier molecular flexibility index (Phi) is 7.02. The zero-order valence-corrected chi connectivity index (χ0v) is 17.7. The van der Waals surface area contributed by atoms with Gasteiger partial charge in [-0.1, -0.05) is 43.3 Å². The van der Waals surface area contributed by atoms with Crippen molar-refractivity contribution in [2.75, 3.05) is 4.90 Å². The number of carboxylic acids is 1. The van der Waals surface area contributed by atoms with Crippen LogP contribution in [-0.2, 0) is 15.8 Å². The molecule has 2 aromatic rings. The van der Waals surface area contributed by atoms with Gasteiger partial charge in [-0.25, -0.2) is 9.89 Å². The third-order valence-corrected chi connectivity index (χ3v) is 5.86. The molecule has 0 radical (unpaired) electrons. The maximum atomic E-state index is 13.0. The molecule has 1 atom stereocenters. The van der Waals surface area contributed by atoms with Gasteiger partial charge in [0.15, 0.2) is 0 Å². The molecule has 1 aliphatic heterocycles. The number of amides is 2. The van der Waals surface area contributed by atoms with E-state index in [2.05, 4.69) is 4.99 Å². The minimum absolute atomic E-state index is 0.0859. The smallest absolute Gasteiger partial charge is 0.416 e. The van der Waals surface area contributed by atoms with E-state index in [9.17, 15) is 32.7 Å². The molecular weight excluding hydrogens is 445 g/mol. The predicted octanol–water partition coefficient (Wildman–Crippen LogP) is 3.96. The molecule has 0 saturated carbocycles. The van der Waals surface area contributed by atoms with Crippen LogP contribution in [0.2, 0.25) is 0 Å². The second kappa shape index (κ2) is 9.56. The number of imide groups is 1. The number of anilines is 1. The molecule has 1 aliphatic rings. The summed E-state index contributed by atoms with van der Waals surface area (Å²) in [6.45, 7) is 1.87. The first-order valence-corrected chi connectivity index (χ1v) is 10.6. The van der Waals surface area contributed by atoms with Gasteiger partial charge in [-0.2, -0.15) is 13.2 Å². The topological polar surface area (TPSA) is 89.9 Å². The SMILES string of the molecule is CCCC(=Nc1cccc(C(F)(F)F)c1)S[C@H]1CC(=O)N(c2ccc(C(=O)[O-])cc2)C1=O. The Morgan fingerprint density at radius 2 is 1.88 bits per heavy atom. The molecule has 32 heavy (non-hydrogen) atoms. The molecule has 0 unspecified atom stereocenters. The molecule has 1 fully saturated rings. The molecule has 1 saturated heterocycles. The van der Waals surface area contributed by atoms with E-state index in [4.69, 9.17) is 0 Å². The molecular formula is C22H18F3N2O4S-. The molecule has 168 valence electrons. The fourth-order valence-corrected chi connectivity index (χ4v) is 4.37. The number of aromatic carboxylic acids is 1. The van der Waals surface area contributed by atoms with E-state index < -0.39 is 34.8 Å². The van der Waals surface area contributed by atoms with Gasteiger partial charge in [-0.05, 0) is 42.3 Å². The van der Waals surface area contributed by atoms with Crippen molar-refractivity contribution in [3.8, 4) is 0 Å². The van der Waals surface area contributed by atoms with E-state index in [-0.39, 0.29) is 23.4 Å².